The molecule has 0 aromatic heterocycles. The minimum Gasteiger partial charge on any atom is -0.443 e. The second-order valence-corrected chi connectivity index (χ2v) is 7.56. The number of nitrogens with zero attached hydrogens (tertiary/aromatic N) is 1. The minimum atomic E-state index is -0.608. The minimum absolute atomic E-state index is 0.0546. The first-order valence-corrected chi connectivity index (χ1v) is 8.76. The molecule has 1 atom stereocenters. The maximum absolute atomic E-state index is 12.6. The number of ether oxygens (including phenoxy) is 1. The normalized spacial score (nSPS) is 17.5. The predicted octanol–water partition coefficient (Wildman–Crippen LogP) is 4.31. The van der Waals surface area contributed by atoms with Crippen LogP contribution in [0.15, 0.2) is 24.3 Å². The zero-order valence-corrected chi connectivity index (χ0v) is 14.5. The van der Waals surface area contributed by atoms with Gasteiger partial charge >= 0.3 is 6.09 Å². The van der Waals surface area contributed by atoms with E-state index in [1.54, 1.807) is 18.2 Å². The van der Waals surface area contributed by atoms with E-state index in [9.17, 15) is 9.59 Å². The summed E-state index contributed by atoms with van der Waals surface area (Å²) in [5.41, 5.74) is 0.574. The van der Waals surface area contributed by atoms with Crippen molar-refractivity contribution in [1.29, 1.82) is 0 Å². The Balaban J connectivity index is 2.28. The van der Waals surface area contributed by atoms with E-state index in [0.29, 0.717) is 22.9 Å². The number of carbonyl (C=O) groups excluding carboxylic acids is 2. The second-order valence-electron chi connectivity index (χ2n) is 6.00. The van der Waals surface area contributed by atoms with Crippen molar-refractivity contribution in [2.45, 2.75) is 38.2 Å². The Morgan fingerprint density at radius 3 is 2.68 bits per heavy atom. The van der Waals surface area contributed by atoms with Gasteiger partial charge in [0.15, 0.2) is 5.78 Å². The molecular formula is C16H20ClNO3S. The number of hydrogen-bond acceptors (Lipinski definition) is 4. The van der Waals surface area contributed by atoms with Gasteiger partial charge < -0.3 is 4.74 Å². The molecule has 1 aliphatic heterocycles. The van der Waals surface area contributed by atoms with Crippen LogP contribution < -0.4 is 4.90 Å². The lowest BCUT2D eigenvalue weighted by Crippen LogP contribution is -2.41. The molecule has 0 saturated carbocycles. The Labute approximate surface area is 140 Å². The summed E-state index contributed by atoms with van der Waals surface area (Å²) in [6, 6.07) is 7.14. The van der Waals surface area contributed by atoms with E-state index in [-0.39, 0.29) is 5.78 Å². The molecule has 1 aromatic rings. The number of thioether (sulfide) groups is 1. The van der Waals surface area contributed by atoms with Crippen molar-refractivity contribution in [3.8, 4) is 0 Å². The van der Waals surface area contributed by atoms with Crippen molar-refractivity contribution in [1.82, 2.24) is 0 Å². The molecule has 2 rings (SSSR count). The molecule has 0 aliphatic carbocycles. The van der Waals surface area contributed by atoms with Gasteiger partial charge in [0, 0.05) is 11.4 Å². The molecule has 0 saturated heterocycles. The molecule has 6 heteroatoms. The third-order valence-electron chi connectivity index (χ3n) is 3.03. The van der Waals surface area contributed by atoms with E-state index in [0.717, 1.165) is 6.42 Å². The molecular weight excluding hydrogens is 322 g/mol. The first kappa shape index (κ1) is 17.2. The molecule has 4 nitrogen and oxygen atoms in total. The van der Waals surface area contributed by atoms with Crippen LogP contribution in [0.25, 0.3) is 0 Å². The molecule has 0 spiro atoms. The Hall–Kier alpha value is -1.20. The quantitative estimate of drug-likeness (QED) is 0.604. The van der Waals surface area contributed by atoms with Crippen molar-refractivity contribution >= 4 is 40.9 Å². The largest absolute Gasteiger partial charge is 0.443 e. The van der Waals surface area contributed by atoms with Crippen LogP contribution in [0.1, 0.15) is 37.6 Å². The number of amides is 1. The fraction of sp³-hybridized carbons (Fsp3) is 0.500. The lowest BCUT2D eigenvalue weighted by Gasteiger charge is -2.28. The summed E-state index contributed by atoms with van der Waals surface area (Å²) in [7, 11) is 0. The van der Waals surface area contributed by atoms with Gasteiger partial charge in [-0.3, -0.25) is 9.69 Å². The summed E-state index contributed by atoms with van der Waals surface area (Å²) < 4.78 is 5.46. The molecule has 22 heavy (non-hydrogen) atoms. The number of benzene rings is 1. The Kier molecular flexibility index (Phi) is 5.40. The smallest absolute Gasteiger partial charge is 0.416 e. The fourth-order valence-corrected chi connectivity index (χ4v) is 3.63. The molecule has 1 unspecified atom stereocenters. The number of anilines is 1. The van der Waals surface area contributed by atoms with Gasteiger partial charge in [-0.15, -0.1) is 23.4 Å². The van der Waals surface area contributed by atoms with Crippen LogP contribution in [0.5, 0.6) is 0 Å². The monoisotopic (exact) mass is 341 g/mol. The van der Waals surface area contributed by atoms with Crippen LogP contribution >= 0.6 is 23.4 Å². The summed E-state index contributed by atoms with van der Waals surface area (Å²) in [4.78, 5) is 26.6. The SMILES string of the molecule is CC(C)(C)OC(=O)N1c2ccccc2C(=O)C1SCCCCl. The second kappa shape index (κ2) is 6.92. The van der Waals surface area contributed by atoms with E-state index in [1.165, 1.54) is 16.7 Å². The average molecular weight is 342 g/mol. The Morgan fingerprint density at radius 2 is 2.05 bits per heavy atom. The van der Waals surface area contributed by atoms with Gasteiger partial charge in [0.2, 0.25) is 0 Å². The van der Waals surface area contributed by atoms with Crippen LogP contribution in [0.4, 0.5) is 10.5 Å². The van der Waals surface area contributed by atoms with Crippen LogP contribution in [0.3, 0.4) is 0 Å². The highest BCUT2D eigenvalue weighted by molar-refractivity contribution is 8.00. The lowest BCUT2D eigenvalue weighted by molar-refractivity contribution is 0.0574. The number of halogens is 1. The first-order valence-electron chi connectivity index (χ1n) is 7.18. The Bertz CT molecular complexity index is 571. The summed E-state index contributed by atoms with van der Waals surface area (Å²) in [5, 5.41) is -0.574. The van der Waals surface area contributed by atoms with Crippen molar-refractivity contribution in [2.75, 3.05) is 16.5 Å². The van der Waals surface area contributed by atoms with Crippen molar-refractivity contribution in [3.05, 3.63) is 29.8 Å². The van der Waals surface area contributed by atoms with Gasteiger partial charge in [-0.25, -0.2) is 4.79 Å². The van der Waals surface area contributed by atoms with Crippen LogP contribution in [0, 0.1) is 0 Å². The van der Waals surface area contributed by atoms with E-state index < -0.39 is 17.1 Å². The number of fused-ring (bicyclic) bond motifs is 1. The van der Waals surface area contributed by atoms with E-state index >= 15 is 0 Å². The van der Waals surface area contributed by atoms with Gasteiger partial charge in [0.1, 0.15) is 11.0 Å². The molecule has 1 amide bonds. The van der Waals surface area contributed by atoms with Crippen molar-refractivity contribution < 1.29 is 14.3 Å². The molecule has 1 heterocycles. The van der Waals surface area contributed by atoms with E-state index in [2.05, 4.69) is 0 Å². The maximum Gasteiger partial charge on any atom is 0.416 e. The highest BCUT2D eigenvalue weighted by Gasteiger charge is 2.42. The molecule has 1 aliphatic rings. The maximum atomic E-state index is 12.6. The van der Waals surface area contributed by atoms with Crippen LogP contribution in [-0.2, 0) is 4.74 Å². The summed E-state index contributed by atoms with van der Waals surface area (Å²) in [5.74, 6) is 1.20. The van der Waals surface area contributed by atoms with Crippen LogP contribution in [0.2, 0.25) is 0 Å². The predicted molar refractivity (Wildman–Crippen MR) is 91.1 cm³/mol. The van der Waals surface area contributed by atoms with Gasteiger partial charge in [0.25, 0.3) is 0 Å². The fourth-order valence-electron chi connectivity index (χ4n) is 2.17. The third-order valence-corrected chi connectivity index (χ3v) is 4.56. The van der Waals surface area contributed by atoms with Crippen molar-refractivity contribution in [3.63, 3.8) is 0 Å². The number of ketones is 1. The van der Waals surface area contributed by atoms with E-state index in [1.807, 2.05) is 26.8 Å². The summed E-state index contributed by atoms with van der Waals surface area (Å²) >= 11 is 7.12. The third kappa shape index (κ3) is 3.76. The van der Waals surface area contributed by atoms with E-state index in [4.69, 9.17) is 16.3 Å². The number of hydrogen-bond donors (Lipinski definition) is 0. The first-order chi connectivity index (χ1) is 10.3. The highest BCUT2D eigenvalue weighted by atomic mass is 35.5. The molecule has 0 radical (unpaired) electrons. The lowest BCUT2D eigenvalue weighted by atomic mass is 10.1. The van der Waals surface area contributed by atoms with Gasteiger partial charge in [-0.05, 0) is 45.1 Å². The molecule has 0 N–H and O–H groups in total. The number of para-hydroxylation sites is 1. The highest BCUT2D eigenvalue weighted by Crippen LogP contribution is 2.38. The van der Waals surface area contributed by atoms with Crippen LogP contribution in [-0.4, -0.2) is 34.5 Å². The Morgan fingerprint density at radius 1 is 1.36 bits per heavy atom. The number of alkyl halides is 1. The summed E-state index contributed by atoms with van der Waals surface area (Å²) in [6.07, 6.45) is 0.295. The molecule has 0 fully saturated rings. The zero-order chi connectivity index (χ0) is 16.3. The van der Waals surface area contributed by atoms with Gasteiger partial charge in [-0.1, -0.05) is 12.1 Å². The number of carbonyl (C=O) groups is 2. The van der Waals surface area contributed by atoms with Crippen molar-refractivity contribution in [2.24, 2.45) is 0 Å². The van der Waals surface area contributed by atoms with Gasteiger partial charge in [0.05, 0.1) is 5.69 Å². The topological polar surface area (TPSA) is 46.6 Å². The zero-order valence-electron chi connectivity index (χ0n) is 13.0. The summed E-state index contributed by atoms with van der Waals surface area (Å²) in [6.45, 7) is 5.43. The molecule has 0 bridgehead atoms. The average Bonchev–Trinajstić information content (AvgIpc) is 2.71. The number of rotatable bonds is 4. The standard InChI is InChI=1S/C16H20ClNO3S/c1-16(2,3)21-15(20)18-12-8-5-4-7-11(12)13(19)14(18)22-10-6-9-17/h4-5,7-8,14H,6,9-10H2,1-3H3. The molecule has 120 valence electrons. The van der Waals surface area contributed by atoms with Gasteiger partial charge in [-0.2, -0.15) is 0 Å². The number of Topliss-reactive ketones (excluding diaryl/α,β-unsaturated/α-hetero) is 1. The molecule has 1 aromatic carbocycles.